The maximum atomic E-state index is 10.8. The number of carbonyl (C=O) groups is 1. The number of aliphatic hydroxyl groups excluding tert-OH is 3. The van der Waals surface area contributed by atoms with Crippen molar-refractivity contribution in [3.63, 3.8) is 0 Å². The first-order valence-electron chi connectivity index (χ1n) is 4.84. The molecule has 0 spiro atoms. The molecule has 0 aromatic carbocycles. The second-order valence-electron chi connectivity index (χ2n) is 3.70. The highest BCUT2D eigenvalue weighted by Gasteiger charge is 2.51. The average molecular weight is 244 g/mol. The molecule has 0 aliphatic carbocycles. The molecule has 1 amide bonds. The summed E-state index contributed by atoms with van der Waals surface area (Å²) in [5.74, 6) is -1.11. The second-order valence-corrected chi connectivity index (χ2v) is 3.70. The van der Waals surface area contributed by atoms with Gasteiger partial charge in [0.05, 0.1) is 13.2 Å². The molecule has 1 aromatic rings. The summed E-state index contributed by atoms with van der Waals surface area (Å²) in [6, 6.07) is 0. The minimum atomic E-state index is -1.64. The first-order valence-corrected chi connectivity index (χ1v) is 4.84. The van der Waals surface area contributed by atoms with Gasteiger partial charge in [-0.1, -0.05) is 0 Å². The number of amides is 1. The molecule has 2 rings (SSSR count). The molecule has 0 saturated carbocycles. The van der Waals surface area contributed by atoms with Crippen molar-refractivity contribution in [3.05, 3.63) is 12.2 Å². The van der Waals surface area contributed by atoms with Crippen LogP contribution in [0.25, 0.3) is 0 Å². The molecular weight excluding hydrogens is 232 g/mol. The molecule has 94 valence electrons. The van der Waals surface area contributed by atoms with Crippen LogP contribution in [-0.2, 0) is 10.5 Å². The standard InChI is InChI=1S/C8H12N4O5/c9-6(16)7-10-3-12(11-7)8(2-13)5(15)4(14)1-17-8/h3-5,13-15H,1-2H2,(H2,9,16)/t4-,5-,8+/m0/s1. The van der Waals surface area contributed by atoms with Crippen LogP contribution in [0.4, 0.5) is 0 Å². The number of ether oxygens (including phenoxy) is 1. The molecule has 0 radical (unpaired) electrons. The smallest absolute Gasteiger partial charge is 0.288 e. The van der Waals surface area contributed by atoms with Crippen LogP contribution in [0.3, 0.4) is 0 Å². The summed E-state index contributed by atoms with van der Waals surface area (Å²) in [7, 11) is 0. The number of primary amides is 1. The zero-order valence-corrected chi connectivity index (χ0v) is 8.72. The van der Waals surface area contributed by atoms with E-state index in [4.69, 9.17) is 10.5 Å². The fourth-order valence-electron chi connectivity index (χ4n) is 1.68. The van der Waals surface area contributed by atoms with E-state index >= 15 is 0 Å². The summed E-state index contributed by atoms with van der Waals surface area (Å²) < 4.78 is 6.13. The Morgan fingerprint density at radius 1 is 1.71 bits per heavy atom. The molecule has 1 aliphatic heterocycles. The lowest BCUT2D eigenvalue weighted by Gasteiger charge is -2.29. The fourth-order valence-corrected chi connectivity index (χ4v) is 1.68. The van der Waals surface area contributed by atoms with Crippen LogP contribution in [-0.4, -0.2) is 61.4 Å². The topological polar surface area (TPSA) is 144 Å². The average Bonchev–Trinajstić information content (AvgIpc) is 2.88. The Morgan fingerprint density at radius 2 is 2.41 bits per heavy atom. The second kappa shape index (κ2) is 4.04. The highest BCUT2D eigenvalue weighted by atomic mass is 16.6. The van der Waals surface area contributed by atoms with Gasteiger partial charge in [0.15, 0.2) is 0 Å². The van der Waals surface area contributed by atoms with Gasteiger partial charge in [-0.15, -0.1) is 5.10 Å². The predicted octanol–water partition coefficient (Wildman–Crippen LogP) is -3.23. The molecule has 1 aromatic heterocycles. The van der Waals surface area contributed by atoms with Gasteiger partial charge in [-0.3, -0.25) is 4.79 Å². The van der Waals surface area contributed by atoms with E-state index in [1.165, 1.54) is 0 Å². The zero-order valence-electron chi connectivity index (χ0n) is 8.72. The lowest BCUT2D eigenvalue weighted by atomic mass is 10.1. The molecule has 17 heavy (non-hydrogen) atoms. The van der Waals surface area contributed by atoms with Crippen molar-refractivity contribution >= 4 is 5.91 Å². The molecule has 0 unspecified atom stereocenters. The van der Waals surface area contributed by atoms with Gasteiger partial charge in [0.2, 0.25) is 11.5 Å². The van der Waals surface area contributed by atoms with E-state index in [0.29, 0.717) is 0 Å². The molecule has 9 nitrogen and oxygen atoms in total. The maximum Gasteiger partial charge on any atom is 0.288 e. The molecule has 1 aliphatic rings. The lowest BCUT2D eigenvalue weighted by molar-refractivity contribution is -0.159. The van der Waals surface area contributed by atoms with Crippen LogP contribution in [0.1, 0.15) is 10.6 Å². The minimum absolute atomic E-state index is 0.159. The number of carbonyl (C=O) groups excluding carboxylic acids is 1. The van der Waals surface area contributed by atoms with E-state index in [1.54, 1.807) is 0 Å². The van der Waals surface area contributed by atoms with Crippen molar-refractivity contribution in [3.8, 4) is 0 Å². The highest BCUT2D eigenvalue weighted by Crippen LogP contribution is 2.30. The summed E-state index contributed by atoms with van der Waals surface area (Å²) in [6.45, 7) is -0.791. The van der Waals surface area contributed by atoms with Crippen molar-refractivity contribution in [1.29, 1.82) is 0 Å². The van der Waals surface area contributed by atoms with E-state index in [1.807, 2.05) is 0 Å². The van der Waals surface area contributed by atoms with Gasteiger partial charge in [-0.25, -0.2) is 9.67 Å². The Labute approximate surface area is 95.4 Å². The fraction of sp³-hybridized carbons (Fsp3) is 0.625. The number of nitrogens with zero attached hydrogens (tertiary/aromatic N) is 3. The molecule has 1 fully saturated rings. The third kappa shape index (κ3) is 1.69. The lowest BCUT2D eigenvalue weighted by Crippen LogP contribution is -2.49. The Bertz CT molecular complexity index is 435. The Kier molecular flexibility index (Phi) is 2.83. The predicted molar refractivity (Wildman–Crippen MR) is 51.6 cm³/mol. The third-order valence-corrected chi connectivity index (χ3v) is 2.66. The molecule has 0 bridgehead atoms. The van der Waals surface area contributed by atoms with Crippen LogP contribution in [0.2, 0.25) is 0 Å². The molecule has 3 atom stereocenters. The van der Waals surface area contributed by atoms with E-state index in [-0.39, 0.29) is 12.4 Å². The van der Waals surface area contributed by atoms with Crippen LogP contribution < -0.4 is 5.73 Å². The normalized spacial score (nSPS) is 32.9. The van der Waals surface area contributed by atoms with Gasteiger partial charge in [0.1, 0.15) is 18.5 Å². The van der Waals surface area contributed by atoms with Crippen LogP contribution in [0.5, 0.6) is 0 Å². The van der Waals surface area contributed by atoms with Gasteiger partial charge in [0, 0.05) is 0 Å². The number of hydrogen-bond acceptors (Lipinski definition) is 7. The Morgan fingerprint density at radius 3 is 2.82 bits per heavy atom. The van der Waals surface area contributed by atoms with E-state index in [0.717, 1.165) is 11.0 Å². The molecule has 2 heterocycles. The van der Waals surface area contributed by atoms with Crippen LogP contribution in [0.15, 0.2) is 6.33 Å². The SMILES string of the molecule is NC(=O)c1ncn([C@]2(CO)OC[C@H](O)[C@@H]2O)n1. The number of hydrogen-bond donors (Lipinski definition) is 4. The maximum absolute atomic E-state index is 10.8. The van der Waals surface area contributed by atoms with E-state index in [2.05, 4.69) is 10.1 Å². The summed E-state index contributed by atoms with van der Waals surface area (Å²) in [5, 5.41) is 32.2. The molecule has 9 heteroatoms. The van der Waals surface area contributed by atoms with Crippen molar-refractivity contribution in [1.82, 2.24) is 14.8 Å². The summed E-state index contributed by atoms with van der Waals surface area (Å²) >= 11 is 0. The largest absolute Gasteiger partial charge is 0.391 e. The van der Waals surface area contributed by atoms with Crippen LogP contribution >= 0.6 is 0 Å². The van der Waals surface area contributed by atoms with Crippen molar-refractivity contribution < 1.29 is 24.9 Å². The zero-order chi connectivity index (χ0) is 12.6. The minimum Gasteiger partial charge on any atom is -0.391 e. The third-order valence-electron chi connectivity index (χ3n) is 2.66. The van der Waals surface area contributed by atoms with Crippen molar-refractivity contribution in [2.24, 2.45) is 5.73 Å². The first kappa shape index (κ1) is 11.9. The highest BCUT2D eigenvalue weighted by molar-refractivity contribution is 5.88. The summed E-state index contributed by atoms with van der Waals surface area (Å²) in [5.41, 5.74) is 3.34. The molecule has 1 saturated heterocycles. The van der Waals surface area contributed by atoms with Gasteiger partial charge in [-0.2, -0.15) is 0 Å². The van der Waals surface area contributed by atoms with Crippen molar-refractivity contribution in [2.75, 3.05) is 13.2 Å². The van der Waals surface area contributed by atoms with E-state index in [9.17, 15) is 20.1 Å². The van der Waals surface area contributed by atoms with Crippen molar-refractivity contribution in [2.45, 2.75) is 17.9 Å². The van der Waals surface area contributed by atoms with Gasteiger partial charge in [-0.05, 0) is 0 Å². The van der Waals surface area contributed by atoms with E-state index < -0.39 is 30.4 Å². The van der Waals surface area contributed by atoms with Crippen LogP contribution in [0, 0.1) is 0 Å². The molecular formula is C8H12N4O5. The Balaban J connectivity index is 2.38. The van der Waals surface area contributed by atoms with Gasteiger partial charge in [0.25, 0.3) is 5.91 Å². The number of rotatable bonds is 3. The van der Waals surface area contributed by atoms with Gasteiger partial charge < -0.3 is 25.8 Å². The summed E-state index contributed by atoms with van der Waals surface area (Å²) in [4.78, 5) is 14.4. The number of aromatic nitrogens is 3. The number of aliphatic hydroxyl groups is 3. The van der Waals surface area contributed by atoms with Gasteiger partial charge >= 0.3 is 0 Å². The first-order chi connectivity index (χ1) is 8.01. The summed E-state index contributed by atoms with van der Waals surface area (Å²) in [6.07, 6.45) is -1.43. The quantitative estimate of drug-likeness (QED) is 0.437. The number of nitrogens with two attached hydrogens (primary N) is 1. The molecule has 5 N–H and O–H groups in total. The monoisotopic (exact) mass is 244 g/mol. The Hall–Kier alpha value is -1.55.